The summed E-state index contributed by atoms with van der Waals surface area (Å²) < 4.78 is 10.3. The van der Waals surface area contributed by atoms with Gasteiger partial charge in [0.15, 0.2) is 5.96 Å². The van der Waals surface area contributed by atoms with Crippen molar-refractivity contribution in [1.82, 2.24) is 15.1 Å². The summed E-state index contributed by atoms with van der Waals surface area (Å²) in [5, 5.41) is 11.7. The number of amides is 3. The molecule has 0 saturated carbocycles. The van der Waals surface area contributed by atoms with E-state index in [4.69, 9.17) is 20.6 Å². The highest BCUT2D eigenvalue weighted by Gasteiger charge is 2.50. The van der Waals surface area contributed by atoms with Gasteiger partial charge in [-0.1, -0.05) is 62.4 Å². The van der Waals surface area contributed by atoms with Crippen LogP contribution in [-0.4, -0.2) is 66.5 Å². The minimum Gasteiger partial charge on any atom is -0.496 e. The zero-order chi connectivity index (χ0) is 29.4. The topological polar surface area (TPSA) is 138 Å². The summed E-state index contributed by atoms with van der Waals surface area (Å²) in [5.74, 6) is 0.131. The fraction of sp³-hybridized carbons (Fsp3) is 0.467. The fourth-order valence-electron chi connectivity index (χ4n) is 5.29. The maximum Gasteiger partial charge on any atom is 0.416 e. The van der Waals surface area contributed by atoms with E-state index in [1.165, 1.54) is 12.0 Å². The Balaban J connectivity index is 1.69. The molecule has 1 saturated heterocycles. The number of carbonyl (C=O) groups is 3. The molecule has 1 aliphatic rings. The monoisotopic (exact) mass is 551 g/mol. The van der Waals surface area contributed by atoms with Gasteiger partial charge in [0.1, 0.15) is 11.3 Å². The molecule has 0 bridgehead atoms. The number of nitrogens with two attached hydrogens (primary N) is 1. The molecule has 4 N–H and O–H groups in total. The molecule has 1 aliphatic heterocycles. The van der Waals surface area contributed by atoms with E-state index < -0.39 is 29.6 Å². The van der Waals surface area contributed by atoms with E-state index in [9.17, 15) is 14.4 Å². The smallest absolute Gasteiger partial charge is 0.416 e. The molecule has 1 fully saturated rings. The second kappa shape index (κ2) is 13.4. The molecule has 40 heavy (non-hydrogen) atoms. The van der Waals surface area contributed by atoms with Crippen LogP contribution in [0.25, 0.3) is 0 Å². The summed E-state index contributed by atoms with van der Waals surface area (Å²) in [6.45, 7) is 6.10. The summed E-state index contributed by atoms with van der Waals surface area (Å²) in [5.41, 5.74) is 6.82. The number of nitrogens with zero attached hydrogens (tertiary/aromatic N) is 2. The van der Waals surface area contributed by atoms with Crippen LogP contribution in [0.4, 0.5) is 4.79 Å². The van der Waals surface area contributed by atoms with Gasteiger partial charge in [-0.05, 0) is 49.3 Å². The summed E-state index contributed by atoms with van der Waals surface area (Å²) in [6, 6.07) is 15.2. The van der Waals surface area contributed by atoms with Crippen molar-refractivity contribution in [2.75, 3.05) is 20.8 Å². The first-order valence-electron chi connectivity index (χ1n) is 13.6. The molecule has 0 aromatic heterocycles. The van der Waals surface area contributed by atoms with E-state index in [0.717, 1.165) is 16.0 Å². The molecule has 3 atom stereocenters. The second-order valence-corrected chi connectivity index (χ2v) is 10.6. The molecule has 0 aliphatic carbocycles. The molecular weight excluding hydrogens is 510 g/mol. The van der Waals surface area contributed by atoms with E-state index in [1.54, 1.807) is 20.1 Å². The lowest BCUT2D eigenvalue weighted by atomic mass is 9.82. The molecule has 10 nitrogen and oxygen atoms in total. The number of hydrogen-bond acceptors (Lipinski definition) is 7. The van der Waals surface area contributed by atoms with Crippen molar-refractivity contribution < 1.29 is 23.9 Å². The van der Waals surface area contributed by atoms with Crippen molar-refractivity contribution in [2.24, 2.45) is 11.7 Å². The molecule has 1 heterocycles. The van der Waals surface area contributed by atoms with Gasteiger partial charge in [-0.25, -0.2) is 9.69 Å². The van der Waals surface area contributed by atoms with Crippen LogP contribution in [0.1, 0.15) is 51.2 Å². The third-order valence-electron chi connectivity index (χ3n) is 7.20. The Bertz CT molecular complexity index is 1200. The molecular formula is C30H41N5O5. The van der Waals surface area contributed by atoms with Gasteiger partial charge in [-0.2, -0.15) is 0 Å². The number of carbonyl (C=O) groups excluding carboxylic acids is 3. The molecule has 10 heteroatoms. The standard InChI is InChI=1S/C30H41N5O5/c1-20(2)19-30(23-14-7-6-8-15-23)27(37)34(28(32)33-30)17-11-12-21(3)35(29(38)40-5)26(36)24(31)18-22-13-9-10-16-25(22)39-4/h6-10,13-16,20-21,24H,11-12,17-19,31H2,1-5H3,(H2,32,33)/t21-,24-,30+/m0/s1. The Morgan fingerprint density at radius 1 is 1.07 bits per heavy atom. The first kappa shape index (κ1) is 30.6. The number of guanidine groups is 1. The lowest BCUT2D eigenvalue weighted by Crippen LogP contribution is -2.51. The SMILES string of the molecule is COC(=O)N(C(=O)[C@@H](N)Cc1ccccc1OC)[C@@H](C)CCCN1C(=N)N[C@](CC(C)C)(c2ccccc2)C1=O. The quantitative estimate of drug-likeness (QED) is 0.366. The Labute approximate surface area is 236 Å². The van der Waals surface area contributed by atoms with Gasteiger partial charge in [-0.3, -0.25) is 19.9 Å². The second-order valence-electron chi connectivity index (χ2n) is 10.6. The minimum atomic E-state index is -1.00. The number of hydrogen-bond donors (Lipinski definition) is 3. The van der Waals surface area contributed by atoms with Crippen LogP contribution in [-0.2, 0) is 26.3 Å². The summed E-state index contributed by atoms with van der Waals surface area (Å²) in [7, 11) is 2.76. The molecule has 0 unspecified atom stereocenters. The molecule has 2 aromatic carbocycles. The third-order valence-corrected chi connectivity index (χ3v) is 7.20. The number of rotatable bonds is 12. The van der Waals surface area contributed by atoms with Crippen LogP contribution in [0, 0.1) is 11.3 Å². The van der Waals surface area contributed by atoms with Gasteiger partial charge in [0.05, 0.1) is 20.3 Å². The Morgan fingerprint density at radius 2 is 1.73 bits per heavy atom. The predicted molar refractivity (Wildman–Crippen MR) is 153 cm³/mol. The van der Waals surface area contributed by atoms with Gasteiger partial charge in [0, 0.05) is 19.0 Å². The zero-order valence-corrected chi connectivity index (χ0v) is 24.0. The largest absolute Gasteiger partial charge is 0.496 e. The number of methoxy groups -OCH3 is 2. The van der Waals surface area contributed by atoms with Crippen molar-refractivity contribution in [1.29, 1.82) is 5.41 Å². The van der Waals surface area contributed by atoms with Crippen molar-refractivity contribution in [2.45, 2.75) is 64.1 Å². The van der Waals surface area contributed by atoms with E-state index in [1.807, 2.05) is 62.4 Å². The zero-order valence-electron chi connectivity index (χ0n) is 24.0. The molecule has 0 radical (unpaired) electrons. The normalized spacial score (nSPS) is 18.3. The summed E-state index contributed by atoms with van der Waals surface area (Å²) in [6.07, 6.45) is 0.777. The number of imide groups is 1. The van der Waals surface area contributed by atoms with Gasteiger partial charge in [0.2, 0.25) is 5.91 Å². The van der Waals surface area contributed by atoms with Crippen LogP contribution in [0.15, 0.2) is 54.6 Å². The highest BCUT2D eigenvalue weighted by molar-refractivity contribution is 6.08. The highest BCUT2D eigenvalue weighted by atomic mass is 16.5. The number of nitrogens with one attached hydrogen (secondary N) is 2. The van der Waals surface area contributed by atoms with Crippen molar-refractivity contribution in [3.63, 3.8) is 0 Å². The lowest BCUT2D eigenvalue weighted by Gasteiger charge is -2.30. The minimum absolute atomic E-state index is 0.0434. The maximum absolute atomic E-state index is 13.7. The number of benzene rings is 2. The average molecular weight is 552 g/mol. The number of para-hydroxylation sites is 1. The molecule has 0 spiro atoms. The Kier molecular flexibility index (Phi) is 10.3. The van der Waals surface area contributed by atoms with E-state index >= 15 is 0 Å². The van der Waals surface area contributed by atoms with Crippen molar-refractivity contribution in [3.05, 3.63) is 65.7 Å². The van der Waals surface area contributed by atoms with Crippen LogP contribution >= 0.6 is 0 Å². The first-order valence-corrected chi connectivity index (χ1v) is 13.6. The fourth-order valence-corrected chi connectivity index (χ4v) is 5.29. The molecule has 2 aromatic rings. The predicted octanol–water partition coefficient (Wildman–Crippen LogP) is 3.64. The van der Waals surface area contributed by atoms with E-state index in [2.05, 4.69) is 5.32 Å². The summed E-state index contributed by atoms with van der Waals surface area (Å²) in [4.78, 5) is 42.2. The van der Waals surface area contributed by atoms with E-state index in [0.29, 0.717) is 25.0 Å². The van der Waals surface area contributed by atoms with Crippen LogP contribution < -0.4 is 15.8 Å². The highest BCUT2D eigenvalue weighted by Crippen LogP contribution is 2.35. The van der Waals surface area contributed by atoms with E-state index in [-0.39, 0.29) is 30.8 Å². The van der Waals surface area contributed by atoms with Crippen LogP contribution in [0.5, 0.6) is 5.75 Å². The average Bonchev–Trinajstić information content (AvgIpc) is 3.18. The maximum atomic E-state index is 13.7. The molecule has 3 amide bonds. The van der Waals surface area contributed by atoms with Crippen molar-refractivity contribution >= 4 is 23.9 Å². The molecule has 3 rings (SSSR count). The van der Waals surface area contributed by atoms with Crippen molar-refractivity contribution in [3.8, 4) is 5.75 Å². The summed E-state index contributed by atoms with van der Waals surface area (Å²) >= 11 is 0. The van der Waals surface area contributed by atoms with Crippen LogP contribution in [0.2, 0.25) is 0 Å². The van der Waals surface area contributed by atoms with Gasteiger partial charge in [-0.15, -0.1) is 0 Å². The van der Waals surface area contributed by atoms with Gasteiger partial charge < -0.3 is 20.5 Å². The number of ether oxygens (including phenoxy) is 2. The third kappa shape index (κ3) is 6.62. The van der Waals surface area contributed by atoms with Gasteiger partial charge >= 0.3 is 6.09 Å². The van der Waals surface area contributed by atoms with Crippen LogP contribution in [0.3, 0.4) is 0 Å². The van der Waals surface area contributed by atoms with Gasteiger partial charge in [0.25, 0.3) is 5.91 Å². The Hall–Kier alpha value is -3.92. The molecule has 216 valence electrons. The first-order chi connectivity index (χ1) is 19.0. The Morgan fingerprint density at radius 3 is 2.35 bits per heavy atom. The lowest BCUT2D eigenvalue weighted by molar-refractivity contribution is -0.133.